The van der Waals surface area contributed by atoms with E-state index in [0.717, 1.165) is 24.2 Å². The van der Waals surface area contributed by atoms with Crippen LogP contribution < -0.4 is 0 Å². The van der Waals surface area contributed by atoms with Crippen LogP contribution in [0.2, 0.25) is 0 Å². The second kappa shape index (κ2) is 6.55. The molecular formula is C13H24OS2. The van der Waals surface area contributed by atoms with Crippen molar-refractivity contribution in [1.29, 1.82) is 0 Å². The van der Waals surface area contributed by atoms with E-state index in [-0.39, 0.29) is 0 Å². The van der Waals surface area contributed by atoms with Crippen molar-refractivity contribution in [3.8, 4) is 0 Å². The minimum atomic E-state index is 0.560. The van der Waals surface area contributed by atoms with Gasteiger partial charge in [0.05, 0.1) is 0 Å². The highest BCUT2D eigenvalue weighted by atomic mass is 32.2. The molecule has 1 nitrogen and oxygen atoms in total. The van der Waals surface area contributed by atoms with E-state index in [1.807, 2.05) is 0 Å². The Hall–Kier alpha value is 0.660. The molecular weight excluding hydrogens is 236 g/mol. The van der Waals surface area contributed by atoms with Crippen molar-refractivity contribution in [1.82, 2.24) is 0 Å². The van der Waals surface area contributed by atoms with Crippen LogP contribution in [0.25, 0.3) is 0 Å². The van der Waals surface area contributed by atoms with Crippen molar-refractivity contribution in [3.63, 3.8) is 0 Å². The summed E-state index contributed by atoms with van der Waals surface area (Å²) in [5.41, 5.74) is 0.560. The van der Waals surface area contributed by atoms with Gasteiger partial charge in [-0.3, -0.25) is 0 Å². The van der Waals surface area contributed by atoms with Gasteiger partial charge in [-0.15, -0.1) is 0 Å². The molecule has 0 amide bonds. The maximum Gasteiger partial charge on any atom is 0.0476 e. The van der Waals surface area contributed by atoms with Crippen molar-refractivity contribution in [3.05, 3.63) is 0 Å². The topological polar surface area (TPSA) is 9.23 Å². The van der Waals surface area contributed by atoms with E-state index < -0.39 is 0 Å². The lowest BCUT2D eigenvalue weighted by Gasteiger charge is -2.37. The average molecular weight is 260 g/mol. The van der Waals surface area contributed by atoms with Crippen LogP contribution in [0.15, 0.2) is 0 Å². The number of hydrogen-bond donors (Lipinski definition) is 1. The molecule has 2 fully saturated rings. The zero-order chi connectivity index (χ0) is 11.3. The average Bonchev–Trinajstić information content (AvgIpc) is 2.39. The summed E-state index contributed by atoms with van der Waals surface area (Å²) in [4.78, 5) is 0. The van der Waals surface area contributed by atoms with E-state index in [2.05, 4.69) is 24.4 Å². The molecule has 1 saturated carbocycles. The molecule has 2 aliphatic rings. The summed E-state index contributed by atoms with van der Waals surface area (Å²) in [5.74, 6) is 2.42. The predicted molar refractivity (Wildman–Crippen MR) is 75.7 cm³/mol. The second-order valence-corrected chi connectivity index (χ2v) is 6.95. The Balaban J connectivity index is 1.77. The zero-order valence-corrected chi connectivity index (χ0v) is 11.8. The van der Waals surface area contributed by atoms with Gasteiger partial charge in [-0.05, 0) is 42.6 Å². The third-order valence-corrected chi connectivity index (χ3v) is 6.44. The molecule has 0 aromatic carbocycles. The summed E-state index contributed by atoms with van der Waals surface area (Å²) in [5, 5.41) is 0.854. The van der Waals surface area contributed by atoms with Gasteiger partial charge in [-0.2, -0.15) is 24.4 Å². The van der Waals surface area contributed by atoms with E-state index in [4.69, 9.17) is 4.74 Å². The van der Waals surface area contributed by atoms with E-state index in [0.29, 0.717) is 5.41 Å². The molecule has 1 aliphatic heterocycles. The van der Waals surface area contributed by atoms with Crippen molar-refractivity contribution in [2.75, 3.05) is 24.7 Å². The van der Waals surface area contributed by atoms with Crippen LogP contribution in [0.5, 0.6) is 0 Å². The first kappa shape index (κ1) is 13.1. The van der Waals surface area contributed by atoms with Gasteiger partial charge in [-0.25, -0.2) is 0 Å². The van der Waals surface area contributed by atoms with Crippen LogP contribution in [0, 0.1) is 5.41 Å². The van der Waals surface area contributed by atoms with Gasteiger partial charge in [0.25, 0.3) is 0 Å². The van der Waals surface area contributed by atoms with Gasteiger partial charge in [0, 0.05) is 18.5 Å². The van der Waals surface area contributed by atoms with Crippen LogP contribution >= 0.6 is 24.4 Å². The monoisotopic (exact) mass is 260 g/mol. The summed E-state index contributed by atoms with van der Waals surface area (Å²) in [6, 6.07) is 0. The Morgan fingerprint density at radius 1 is 1.12 bits per heavy atom. The number of thiol groups is 1. The van der Waals surface area contributed by atoms with Crippen molar-refractivity contribution in [2.45, 2.75) is 50.2 Å². The van der Waals surface area contributed by atoms with E-state index in [9.17, 15) is 0 Å². The Morgan fingerprint density at radius 3 is 2.44 bits per heavy atom. The van der Waals surface area contributed by atoms with Gasteiger partial charge in [-0.1, -0.05) is 19.3 Å². The third kappa shape index (κ3) is 3.58. The standard InChI is InChI=1S/C13H24OS2/c15-10-13(6-2-1-3-7-13)11-16-12-4-8-14-9-5-12/h12,15H,1-11H2. The number of ether oxygens (including phenoxy) is 1. The summed E-state index contributed by atoms with van der Waals surface area (Å²) in [6.45, 7) is 1.96. The van der Waals surface area contributed by atoms with Gasteiger partial charge in [0.15, 0.2) is 0 Å². The third-order valence-electron chi connectivity index (χ3n) is 4.04. The van der Waals surface area contributed by atoms with Crippen LogP contribution in [0.1, 0.15) is 44.9 Å². The molecule has 94 valence electrons. The summed E-state index contributed by atoms with van der Waals surface area (Å²) < 4.78 is 5.41. The molecule has 1 aliphatic carbocycles. The highest BCUT2D eigenvalue weighted by Gasteiger charge is 2.31. The maximum absolute atomic E-state index is 5.41. The van der Waals surface area contributed by atoms with Crippen molar-refractivity contribution < 1.29 is 4.74 Å². The lowest BCUT2D eigenvalue weighted by atomic mass is 9.77. The highest BCUT2D eigenvalue weighted by Crippen LogP contribution is 2.41. The molecule has 2 rings (SSSR count). The molecule has 0 unspecified atom stereocenters. The normalized spacial score (nSPS) is 26.8. The Morgan fingerprint density at radius 2 is 1.81 bits per heavy atom. The first-order valence-electron chi connectivity index (χ1n) is 6.65. The van der Waals surface area contributed by atoms with Crippen molar-refractivity contribution in [2.24, 2.45) is 5.41 Å². The van der Waals surface area contributed by atoms with E-state index in [1.54, 1.807) is 0 Å². The minimum absolute atomic E-state index is 0.560. The lowest BCUT2D eigenvalue weighted by Crippen LogP contribution is -2.30. The fourth-order valence-electron chi connectivity index (χ4n) is 2.79. The number of rotatable bonds is 4. The van der Waals surface area contributed by atoms with E-state index >= 15 is 0 Å². The first-order valence-corrected chi connectivity index (χ1v) is 8.33. The highest BCUT2D eigenvalue weighted by molar-refractivity contribution is 7.99. The summed E-state index contributed by atoms with van der Waals surface area (Å²) in [6.07, 6.45) is 9.63. The smallest absolute Gasteiger partial charge is 0.0476 e. The molecule has 0 aromatic heterocycles. The molecule has 0 N–H and O–H groups in total. The fourth-order valence-corrected chi connectivity index (χ4v) is 4.87. The molecule has 16 heavy (non-hydrogen) atoms. The molecule has 0 atom stereocenters. The Labute approximate surface area is 109 Å². The van der Waals surface area contributed by atoms with Crippen molar-refractivity contribution >= 4 is 24.4 Å². The largest absolute Gasteiger partial charge is 0.381 e. The lowest BCUT2D eigenvalue weighted by molar-refractivity contribution is 0.0998. The zero-order valence-electron chi connectivity index (χ0n) is 10.1. The fraction of sp³-hybridized carbons (Fsp3) is 1.00. The second-order valence-electron chi connectivity index (χ2n) is 5.34. The van der Waals surface area contributed by atoms with Gasteiger partial charge < -0.3 is 4.74 Å². The van der Waals surface area contributed by atoms with Crippen LogP contribution in [0.4, 0.5) is 0 Å². The molecule has 3 heteroatoms. The van der Waals surface area contributed by atoms with Crippen LogP contribution in [-0.4, -0.2) is 30.0 Å². The Kier molecular flexibility index (Phi) is 5.37. The number of thioether (sulfide) groups is 1. The van der Waals surface area contributed by atoms with Gasteiger partial charge >= 0.3 is 0 Å². The molecule has 1 saturated heterocycles. The van der Waals surface area contributed by atoms with E-state index in [1.165, 1.54) is 50.7 Å². The first-order chi connectivity index (χ1) is 7.85. The molecule has 0 spiro atoms. The minimum Gasteiger partial charge on any atom is -0.381 e. The predicted octanol–water partition coefficient (Wildman–Crippen LogP) is 3.78. The quantitative estimate of drug-likeness (QED) is 0.770. The SMILES string of the molecule is SCC1(CSC2CCOCC2)CCCCC1. The van der Waals surface area contributed by atoms with Gasteiger partial charge in [0.2, 0.25) is 0 Å². The number of hydrogen-bond acceptors (Lipinski definition) is 3. The van der Waals surface area contributed by atoms with Gasteiger partial charge in [0.1, 0.15) is 0 Å². The Bertz CT molecular complexity index is 196. The maximum atomic E-state index is 5.41. The molecule has 1 heterocycles. The molecule has 0 aromatic rings. The van der Waals surface area contributed by atoms with Crippen LogP contribution in [-0.2, 0) is 4.74 Å². The summed E-state index contributed by atoms with van der Waals surface area (Å²) >= 11 is 6.81. The molecule has 0 bridgehead atoms. The van der Waals surface area contributed by atoms with Crippen LogP contribution in [0.3, 0.4) is 0 Å². The molecule has 0 radical (unpaired) electrons. The summed E-state index contributed by atoms with van der Waals surface area (Å²) in [7, 11) is 0.